The van der Waals surface area contributed by atoms with Gasteiger partial charge in [0.15, 0.2) is 0 Å². The monoisotopic (exact) mass is 256 g/mol. The molecule has 0 unspecified atom stereocenters. The average molecular weight is 256 g/mol. The number of alkyl halides is 4. The Kier molecular flexibility index (Phi) is 2.75. The molecule has 0 heterocycles. The van der Waals surface area contributed by atoms with Gasteiger partial charge >= 0.3 is 0 Å². The normalized spacial score (nSPS) is 32.8. The van der Waals surface area contributed by atoms with E-state index in [0.29, 0.717) is 0 Å². The van der Waals surface area contributed by atoms with Crippen LogP contribution in [0.2, 0.25) is 0 Å². The fourth-order valence-corrected chi connectivity index (χ4v) is 3.09. The predicted molar refractivity (Wildman–Crippen MR) is 52.1 cm³/mol. The molecule has 2 saturated carbocycles. The standard InChI is InChI=1S/C11H16F4O2/c12-10(13)3-1-9(17,2-4-10)8(7-16)5-11(14,15)6-8/h16-17H,1-7H2. The van der Waals surface area contributed by atoms with Crippen LogP contribution in [0.4, 0.5) is 17.6 Å². The van der Waals surface area contributed by atoms with Crippen molar-refractivity contribution in [2.24, 2.45) is 5.41 Å². The molecule has 0 spiro atoms. The molecule has 0 aromatic carbocycles. The third kappa shape index (κ3) is 2.05. The Balaban J connectivity index is 2.11. The topological polar surface area (TPSA) is 40.5 Å². The summed E-state index contributed by atoms with van der Waals surface area (Å²) in [6, 6.07) is 0. The van der Waals surface area contributed by atoms with Crippen LogP contribution < -0.4 is 0 Å². The Hall–Kier alpha value is -0.360. The average Bonchev–Trinajstić information content (AvgIpc) is 2.18. The molecule has 17 heavy (non-hydrogen) atoms. The molecule has 100 valence electrons. The number of rotatable bonds is 2. The highest BCUT2D eigenvalue weighted by Gasteiger charge is 2.66. The van der Waals surface area contributed by atoms with Crippen LogP contribution in [0.1, 0.15) is 38.5 Å². The Labute approximate surface area is 96.6 Å². The molecule has 0 aromatic rings. The molecule has 6 heteroatoms. The predicted octanol–water partition coefficient (Wildman–Crippen LogP) is 2.33. The lowest BCUT2D eigenvalue weighted by Gasteiger charge is -2.57. The highest BCUT2D eigenvalue weighted by atomic mass is 19.3. The summed E-state index contributed by atoms with van der Waals surface area (Å²) in [7, 11) is 0. The maximum Gasteiger partial charge on any atom is 0.249 e. The molecule has 0 amide bonds. The molecule has 2 rings (SSSR count). The quantitative estimate of drug-likeness (QED) is 0.744. The van der Waals surface area contributed by atoms with Gasteiger partial charge in [-0.05, 0) is 12.8 Å². The van der Waals surface area contributed by atoms with Gasteiger partial charge in [0.1, 0.15) is 0 Å². The molecule has 2 aliphatic rings. The maximum atomic E-state index is 13.0. The lowest BCUT2D eigenvalue weighted by atomic mass is 9.53. The van der Waals surface area contributed by atoms with Gasteiger partial charge in [-0.25, -0.2) is 17.6 Å². The minimum absolute atomic E-state index is 0.226. The highest BCUT2D eigenvalue weighted by molar-refractivity contribution is 5.11. The van der Waals surface area contributed by atoms with Gasteiger partial charge in [-0.3, -0.25) is 0 Å². The van der Waals surface area contributed by atoms with Crippen LogP contribution >= 0.6 is 0 Å². The van der Waals surface area contributed by atoms with Crippen LogP contribution in [0.15, 0.2) is 0 Å². The summed E-state index contributed by atoms with van der Waals surface area (Å²) in [5.41, 5.74) is -2.88. The lowest BCUT2D eigenvalue weighted by Crippen LogP contribution is -2.63. The largest absolute Gasteiger partial charge is 0.396 e. The molecule has 0 aromatic heterocycles. The van der Waals surface area contributed by atoms with E-state index in [4.69, 9.17) is 0 Å². The lowest BCUT2D eigenvalue weighted by molar-refractivity contribution is -0.269. The summed E-state index contributed by atoms with van der Waals surface area (Å²) in [4.78, 5) is 0. The van der Waals surface area contributed by atoms with Crippen LogP contribution in [0.3, 0.4) is 0 Å². The van der Waals surface area contributed by atoms with Crippen LogP contribution in [0, 0.1) is 5.41 Å². The van der Waals surface area contributed by atoms with Crippen LogP contribution in [-0.4, -0.2) is 34.3 Å². The van der Waals surface area contributed by atoms with Crippen LogP contribution in [0.5, 0.6) is 0 Å². The van der Waals surface area contributed by atoms with E-state index >= 15 is 0 Å². The van der Waals surface area contributed by atoms with Gasteiger partial charge in [0.05, 0.1) is 12.2 Å². The summed E-state index contributed by atoms with van der Waals surface area (Å²) in [6.45, 7) is -0.579. The first-order valence-electron chi connectivity index (χ1n) is 5.73. The molecule has 0 radical (unpaired) electrons. The molecule has 2 nitrogen and oxygen atoms in total. The van der Waals surface area contributed by atoms with Crippen molar-refractivity contribution in [3.05, 3.63) is 0 Å². The van der Waals surface area contributed by atoms with Crippen molar-refractivity contribution in [2.75, 3.05) is 6.61 Å². The van der Waals surface area contributed by atoms with E-state index in [0.717, 1.165) is 0 Å². The van der Waals surface area contributed by atoms with Crippen LogP contribution in [0.25, 0.3) is 0 Å². The van der Waals surface area contributed by atoms with E-state index in [9.17, 15) is 27.8 Å². The third-order valence-electron chi connectivity index (χ3n) is 4.29. The number of halogens is 4. The summed E-state index contributed by atoms with van der Waals surface area (Å²) in [5.74, 6) is -5.71. The van der Waals surface area contributed by atoms with Gasteiger partial charge in [-0.1, -0.05) is 0 Å². The number of aliphatic hydroxyl groups excluding tert-OH is 1. The first-order chi connectivity index (χ1) is 7.64. The second-order valence-electron chi connectivity index (χ2n) is 5.54. The Bertz CT molecular complexity index is 299. The second-order valence-corrected chi connectivity index (χ2v) is 5.54. The summed E-state index contributed by atoms with van der Waals surface area (Å²) in [5, 5.41) is 19.5. The van der Waals surface area contributed by atoms with E-state index < -0.39 is 55.2 Å². The zero-order valence-corrected chi connectivity index (χ0v) is 9.36. The second kappa shape index (κ2) is 3.57. The molecule has 2 aliphatic carbocycles. The van der Waals surface area contributed by atoms with Gasteiger partial charge in [-0.15, -0.1) is 0 Å². The zero-order chi connectivity index (χ0) is 12.9. The van der Waals surface area contributed by atoms with Gasteiger partial charge in [0.2, 0.25) is 11.8 Å². The molecular weight excluding hydrogens is 240 g/mol. The third-order valence-corrected chi connectivity index (χ3v) is 4.29. The number of hydrogen-bond donors (Lipinski definition) is 2. The number of hydrogen-bond acceptors (Lipinski definition) is 2. The van der Waals surface area contributed by atoms with Crippen molar-refractivity contribution in [2.45, 2.75) is 56.0 Å². The Morgan fingerprint density at radius 1 is 0.824 bits per heavy atom. The molecule has 2 N–H and O–H groups in total. The zero-order valence-electron chi connectivity index (χ0n) is 9.36. The maximum absolute atomic E-state index is 13.0. The summed E-state index contributed by atoms with van der Waals surface area (Å²) in [6.07, 6.45) is -2.68. The van der Waals surface area contributed by atoms with Gasteiger partial charge < -0.3 is 10.2 Å². The van der Waals surface area contributed by atoms with Crippen LogP contribution in [-0.2, 0) is 0 Å². The van der Waals surface area contributed by atoms with Crippen molar-refractivity contribution in [1.82, 2.24) is 0 Å². The SMILES string of the molecule is OCC1(C2(O)CCC(F)(F)CC2)CC(F)(F)C1. The fourth-order valence-electron chi connectivity index (χ4n) is 3.09. The molecule has 0 bridgehead atoms. The van der Waals surface area contributed by atoms with E-state index in [1.165, 1.54) is 0 Å². The first-order valence-corrected chi connectivity index (χ1v) is 5.73. The summed E-state index contributed by atoms with van der Waals surface area (Å²) >= 11 is 0. The van der Waals surface area contributed by atoms with Crippen molar-refractivity contribution >= 4 is 0 Å². The van der Waals surface area contributed by atoms with E-state index in [1.54, 1.807) is 0 Å². The highest BCUT2D eigenvalue weighted by Crippen LogP contribution is 2.61. The molecule has 0 aliphatic heterocycles. The molecule has 0 saturated heterocycles. The minimum atomic E-state index is -2.89. The number of aliphatic hydroxyl groups is 2. The molecular formula is C11H16F4O2. The van der Waals surface area contributed by atoms with Gasteiger partial charge in [0.25, 0.3) is 0 Å². The summed E-state index contributed by atoms with van der Waals surface area (Å²) < 4.78 is 51.8. The minimum Gasteiger partial charge on any atom is -0.396 e. The van der Waals surface area contributed by atoms with Crippen molar-refractivity contribution in [3.8, 4) is 0 Å². The molecule has 2 fully saturated rings. The molecule has 0 atom stereocenters. The smallest absolute Gasteiger partial charge is 0.249 e. The van der Waals surface area contributed by atoms with E-state index in [2.05, 4.69) is 0 Å². The fraction of sp³-hybridized carbons (Fsp3) is 1.00. The Morgan fingerprint density at radius 3 is 1.65 bits per heavy atom. The van der Waals surface area contributed by atoms with Crippen molar-refractivity contribution in [3.63, 3.8) is 0 Å². The van der Waals surface area contributed by atoms with Crippen molar-refractivity contribution < 1.29 is 27.8 Å². The Morgan fingerprint density at radius 2 is 1.29 bits per heavy atom. The van der Waals surface area contributed by atoms with E-state index in [-0.39, 0.29) is 12.8 Å². The van der Waals surface area contributed by atoms with Gasteiger partial charge in [0, 0.05) is 31.1 Å². The van der Waals surface area contributed by atoms with Gasteiger partial charge in [-0.2, -0.15) is 0 Å². The van der Waals surface area contributed by atoms with E-state index in [1.807, 2.05) is 0 Å². The van der Waals surface area contributed by atoms with Crippen molar-refractivity contribution in [1.29, 1.82) is 0 Å². The first kappa shape index (κ1) is 13.1.